The molecule has 4 nitrogen and oxygen atoms in total. The monoisotopic (exact) mass is 445 g/mol. The smallest absolute Gasteiger partial charge is 0.314 e. The lowest BCUT2D eigenvalue weighted by molar-refractivity contribution is -0.144. The number of carbonyl (C=O) groups excluding carboxylic acids is 1. The molecule has 1 aromatic heterocycles. The van der Waals surface area contributed by atoms with E-state index >= 15 is 0 Å². The van der Waals surface area contributed by atoms with E-state index in [4.69, 9.17) is 9.47 Å². The summed E-state index contributed by atoms with van der Waals surface area (Å²) < 4.78 is 12.1. The van der Waals surface area contributed by atoms with Gasteiger partial charge in [-0.3, -0.25) is 4.79 Å². The van der Waals surface area contributed by atoms with Crippen LogP contribution in [0.25, 0.3) is 10.6 Å². The molecule has 0 N–H and O–H groups in total. The van der Waals surface area contributed by atoms with E-state index < -0.39 is 5.92 Å². The molecule has 0 bridgehead atoms. The van der Waals surface area contributed by atoms with Gasteiger partial charge in [0.2, 0.25) is 0 Å². The van der Waals surface area contributed by atoms with Gasteiger partial charge >= 0.3 is 5.97 Å². The predicted molar refractivity (Wildman–Crippen MR) is 111 cm³/mol. The van der Waals surface area contributed by atoms with Crippen LogP contribution < -0.4 is 4.74 Å². The fraction of sp³-hybridized carbons (Fsp3) is 0.238. The lowest BCUT2D eigenvalue weighted by Gasteiger charge is -2.11. The van der Waals surface area contributed by atoms with Gasteiger partial charge in [0.15, 0.2) is 0 Å². The van der Waals surface area contributed by atoms with Gasteiger partial charge in [0.25, 0.3) is 0 Å². The molecule has 0 aliphatic rings. The Morgan fingerprint density at radius 1 is 1.22 bits per heavy atom. The van der Waals surface area contributed by atoms with Crippen molar-refractivity contribution >= 4 is 33.2 Å². The first kappa shape index (κ1) is 19.6. The number of nitrogens with zero attached hydrogens (tertiary/aromatic N) is 1. The average molecular weight is 446 g/mol. The van der Waals surface area contributed by atoms with Crippen molar-refractivity contribution in [2.24, 2.45) is 0 Å². The number of esters is 1. The van der Waals surface area contributed by atoms with Crippen LogP contribution in [0.1, 0.15) is 31.0 Å². The molecule has 27 heavy (non-hydrogen) atoms. The zero-order valence-corrected chi connectivity index (χ0v) is 17.5. The van der Waals surface area contributed by atoms with E-state index in [1.165, 1.54) is 11.3 Å². The number of thiazole rings is 1. The summed E-state index contributed by atoms with van der Waals surface area (Å²) in [7, 11) is 0. The molecule has 140 valence electrons. The third-order valence-electron chi connectivity index (χ3n) is 4.01. The summed E-state index contributed by atoms with van der Waals surface area (Å²) >= 11 is 5.01. The van der Waals surface area contributed by atoms with Gasteiger partial charge in [-0.25, -0.2) is 4.98 Å². The lowest BCUT2D eigenvalue weighted by Crippen LogP contribution is -2.13. The Morgan fingerprint density at radius 3 is 2.74 bits per heavy atom. The van der Waals surface area contributed by atoms with Crippen LogP contribution in [0.5, 0.6) is 5.75 Å². The maximum absolute atomic E-state index is 12.0. The summed E-state index contributed by atoms with van der Waals surface area (Å²) in [5, 5.41) is 2.71. The van der Waals surface area contributed by atoms with Gasteiger partial charge < -0.3 is 9.47 Å². The van der Waals surface area contributed by atoms with E-state index in [1.807, 2.05) is 60.8 Å². The largest absolute Gasteiger partial charge is 0.488 e. The summed E-state index contributed by atoms with van der Waals surface area (Å²) in [4.78, 5) is 16.6. The zero-order chi connectivity index (χ0) is 19.2. The molecule has 0 saturated carbocycles. The van der Waals surface area contributed by atoms with E-state index in [9.17, 15) is 4.79 Å². The molecule has 1 unspecified atom stereocenters. The van der Waals surface area contributed by atoms with Crippen LogP contribution in [-0.4, -0.2) is 17.6 Å². The summed E-state index contributed by atoms with van der Waals surface area (Å²) in [5.74, 6) is 0.103. The van der Waals surface area contributed by atoms with Crippen LogP contribution in [-0.2, 0) is 16.1 Å². The third kappa shape index (κ3) is 4.96. The molecule has 1 heterocycles. The molecule has 0 saturated heterocycles. The van der Waals surface area contributed by atoms with Gasteiger partial charge in [0.1, 0.15) is 17.4 Å². The Bertz CT molecular complexity index is 911. The van der Waals surface area contributed by atoms with E-state index in [0.717, 1.165) is 26.4 Å². The molecular weight excluding hydrogens is 426 g/mol. The highest BCUT2D eigenvalue weighted by atomic mass is 79.9. The van der Waals surface area contributed by atoms with Gasteiger partial charge in [-0.05, 0) is 37.6 Å². The van der Waals surface area contributed by atoms with E-state index in [1.54, 1.807) is 6.92 Å². The molecule has 0 fully saturated rings. The number of halogens is 1. The predicted octanol–water partition coefficient (Wildman–Crippen LogP) is 5.82. The second-order valence-corrected chi connectivity index (χ2v) is 7.74. The first-order valence-electron chi connectivity index (χ1n) is 8.67. The highest BCUT2D eigenvalue weighted by Crippen LogP contribution is 2.36. The normalized spacial score (nSPS) is 11.8. The molecule has 6 heteroatoms. The van der Waals surface area contributed by atoms with Crippen molar-refractivity contribution in [3.05, 3.63) is 69.6 Å². The maximum Gasteiger partial charge on any atom is 0.314 e. The Kier molecular flexibility index (Phi) is 6.63. The van der Waals surface area contributed by atoms with Gasteiger partial charge in [-0.1, -0.05) is 46.3 Å². The molecule has 0 aliphatic heterocycles. The molecule has 1 atom stereocenters. The van der Waals surface area contributed by atoms with E-state index in [2.05, 4.69) is 20.9 Å². The highest BCUT2D eigenvalue weighted by molar-refractivity contribution is 9.10. The molecule has 2 aromatic carbocycles. The minimum absolute atomic E-state index is 0.260. The lowest BCUT2D eigenvalue weighted by atomic mass is 10.1. The van der Waals surface area contributed by atoms with Crippen molar-refractivity contribution in [3.63, 3.8) is 0 Å². The Balaban J connectivity index is 1.84. The summed E-state index contributed by atoms with van der Waals surface area (Å²) in [5.41, 5.74) is 2.71. The Morgan fingerprint density at radius 2 is 2.00 bits per heavy atom. The highest BCUT2D eigenvalue weighted by Gasteiger charge is 2.21. The van der Waals surface area contributed by atoms with Crippen molar-refractivity contribution in [2.75, 3.05) is 6.61 Å². The van der Waals surface area contributed by atoms with Crippen LogP contribution in [0.4, 0.5) is 0 Å². The van der Waals surface area contributed by atoms with Crippen molar-refractivity contribution in [1.82, 2.24) is 4.98 Å². The van der Waals surface area contributed by atoms with Gasteiger partial charge in [0.05, 0.1) is 23.8 Å². The van der Waals surface area contributed by atoms with Crippen molar-refractivity contribution in [1.29, 1.82) is 0 Å². The van der Waals surface area contributed by atoms with Gasteiger partial charge in [-0.15, -0.1) is 11.3 Å². The number of ether oxygens (including phenoxy) is 2. The Labute approximate surface area is 171 Å². The van der Waals surface area contributed by atoms with Crippen LogP contribution in [0.15, 0.2) is 58.4 Å². The topological polar surface area (TPSA) is 48.4 Å². The summed E-state index contributed by atoms with van der Waals surface area (Å²) in [6.07, 6.45) is 0. The molecule has 0 spiro atoms. The number of carbonyl (C=O) groups is 1. The summed E-state index contributed by atoms with van der Waals surface area (Å²) in [6, 6.07) is 15.9. The van der Waals surface area contributed by atoms with E-state index in [-0.39, 0.29) is 5.97 Å². The minimum atomic E-state index is -0.393. The van der Waals surface area contributed by atoms with Crippen LogP contribution in [0, 0.1) is 0 Å². The third-order valence-corrected chi connectivity index (χ3v) is 5.40. The maximum atomic E-state index is 12.0. The number of rotatable bonds is 7. The number of hydrogen-bond donors (Lipinski definition) is 0. The summed E-state index contributed by atoms with van der Waals surface area (Å²) in [6.45, 7) is 4.45. The van der Waals surface area contributed by atoms with Crippen molar-refractivity contribution < 1.29 is 14.3 Å². The molecule has 0 radical (unpaired) electrons. The minimum Gasteiger partial charge on any atom is -0.488 e. The van der Waals surface area contributed by atoms with Crippen molar-refractivity contribution in [3.8, 4) is 16.3 Å². The zero-order valence-electron chi connectivity index (χ0n) is 15.1. The number of hydrogen-bond acceptors (Lipinski definition) is 5. The van der Waals surface area contributed by atoms with Gasteiger partial charge in [0, 0.05) is 9.85 Å². The fourth-order valence-electron chi connectivity index (χ4n) is 2.53. The average Bonchev–Trinajstić information content (AvgIpc) is 3.17. The molecule has 3 aromatic rings. The van der Waals surface area contributed by atoms with Gasteiger partial charge in [-0.2, -0.15) is 0 Å². The van der Waals surface area contributed by atoms with Crippen LogP contribution in [0.2, 0.25) is 0 Å². The quantitative estimate of drug-likeness (QED) is 0.430. The van der Waals surface area contributed by atoms with E-state index in [0.29, 0.717) is 18.9 Å². The number of benzene rings is 2. The fourth-order valence-corrected chi connectivity index (χ4v) is 3.82. The molecular formula is C21H20BrNO3S. The molecule has 0 aliphatic carbocycles. The standard InChI is InChI=1S/C21H20BrNO3S/c1-3-25-21(24)14(2)18-13-27-20(23-18)17-11-16(22)9-10-19(17)26-12-15-7-5-4-6-8-15/h4-11,13-14H,3,12H2,1-2H3. The second-order valence-electron chi connectivity index (χ2n) is 5.97. The van der Waals surface area contributed by atoms with Crippen LogP contribution in [0.3, 0.4) is 0 Å². The first-order chi connectivity index (χ1) is 13.1. The second kappa shape index (κ2) is 9.15. The Hall–Kier alpha value is -2.18. The SMILES string of the molecule is CCOC(=O)C(C)c1csc(-c2cc(Br)ccc2OCc2ccccc2)n1. The first-order valence-corrected chi connectivity index (χ1v) is 10.3. The molecule has 0 amide bonds. The van der Waals surface area contributed by atoms with Crippen molar-refractivity contribution in [2.45, 2.75) is 26.4 Å². The molecule has 3 rings (SSSR count). The van der Waals surface area contributed by atoms with Crippen LogP contribution >= 0.6 is 27.3 Å². The number of aromatic nitrogens is 1.